The van der Waals surface area contributed by atoms with Gasteiger partial charge in [0.15, 0.2) is 0 Å². The van der Waals surface area contributed by atoms with Gasteiger partial charge in [0.1, 0.15) is 5.75 Å². The molecule has 1 aliphatic rings. The van der Waals surface area contributed by atoms with E-state index in [4.69, 9.17) is 4.74 Å². The summed E-state index contributed by atoms with van der Waals surface area (Å²) >= 11 is 0. The summed E-state index contributed by atoms with van der Waals surface area (Å²) in [4.78, 5) is 2.47. The average molecular weight is 249 g/mol. The van der Waals surface area contributed by atoms with Crippen LogP contribution >= 0.6 is 0 Å². The zero-order valence-corrected chi connectivity index (χ0v) is 11.4. The van der Waals surface area contributed by atoms with Crippen LogP contribution in [0, 0.1) is 6.92 Å². The summed E-state index contributed by atoms with van der Waals surface area (Å²) in [5, 5.41) is 9.35. The Morgan fingerprint density at radius 1 is 1.33 bits per heavy atom. The maximum atomic E-state index is 9.35. The molecule has 3 nitrogen and oxygen atoms in total. The Kier molecular flexibility index (Phi) is 4.61. The Hall–Kier alpha value is -1.06. The van der Waals surface area contributed by atoms with Gasteiger partial charge in [-0.15, -0.1) is 0 Å². The van der Waals surface area contributed by atoms with Gasteiger partial charge >= 0.3 is 0 Å². The number of aliphatic hydroxyl groups excluding tert-OH is 1. The van der Waals surface area contributed by atoms with Gasteiger partial charge in [-0.05, 0) is 50.9 Å². The minimum absolute atomic E-state index is 0.221. The van der Waals surface area contributed by atoms with Crippen LogP contribution in [0.2, 0.25) is 0 Å². The maximum Gasteiger partial charge on any atom is 0.123 e. The van der Waals surface area contributed by atoms with E-state index in [1.54, 1.807) is 7.11 Å². The molecule has 1 aromatic carbocycles. The van der Waals surface area contributed by atoms with E-state index in [0.29, 0.717) is 0 Å². The number of ether oxygens (including phenoxy) is 1. The van der Waals surface area contributed by atoms with E-state index in [0.717, 1.165) is 25.3 Å². The molecule has 3 heteroatoms. The van der Waals surface area contributed by atoms with Crippen LogP contribution in [0.3, 0.4) is 0 Å². The van der Waals surface area contributed by atoms with Gasteiger partial charge in [0, 0.05) is 18.2 Å². The lowest BCUT2D eigenvalue weighted by molar-refractivity contribution is 0.182. The van der Waals surface area contributed by atoms with Crippen molar-refractivity contribution in [1.82, 2.24) is 4.90 Å². The van der Waals surface area contributed by atoms with Crippen LogP contribution in [0.25, 0.3) is 0 Å². The summed E-state index contributed by atoms with van der Waals surface area (Å²) in [5.41, 5.74) is 2.50. The first-order valence-electron chi connectivity index (χ1n) is 6.76. The first-order valence-corrected chi connectivity index (χ1v) is 6.76. The quantitative estimate of drug-likeness (QED) is 0.870. The van der Waals surface area contributed by atoms with Crippen LogP contribution in [0.1, 0.15) is 36.4 Å². The summed E-state index contributed by atoms with van der Waals surface area (Å²) in [6.07, 6.45) is 3.30. The standard InChI is InChI=1S/C15H23NO2/c1-12-6-5-7-14(18-2)15(12)13(8-11-17)16-9-3-4-10-16/h5-7,13,17H,3-4,8-11H2,1-2H3. The molecular weight excluding hydrogens is 226 g/mol. The van der Waals surface area contributed by atoms with Crippen LogP contribution in [-0.2, 0) is 0 Å². The minimum atomic E-state index is 0.221. The van der Waals surface area contributed by atoms with E-state index >= 15 is 0 Å². The topological polar surface area (TPSA) is 32.7 Å². The Balaban J connectivity index is 2.34. The monoisotopic (exact) mass is 249 g/mol. The molecule has 1 fully saturated rings. The second-order valence-corrected chi connectivity index (χ2v) is 4.96. The molecule has 0 bridgehead atoms. The molecule has 1 heterocycles. The van der Waals surface area contributed by atoms with Crippen molar-refractivity contribution in [2.75, 3.05) is 26.8 Å². The van der Waals surface area contributed by atoms with Gasteiger partial charge in [0.25, 0.3) is 0 Å². The summed E-state index contributed by atoms with van der Waals surface area (Å²) in [6.45, 7) is 4.60. The molecule has 0 spiro atoms. The Morgan fingerprint density at radius 3 is 2.67 bits per heavy atom. The minimum Gasteiger partial charge on any atom is -0.496 e. The number of hydrogen-bond acceptors (Lipinski definition) is 3. The lowest BCUT2D eigenvalue weighted by Gasteiger charge is -2.30. The highest BCUT2D eigenvalue weighted by Crippen LogP contribution is 2.35. The van der Waals surface area contributed by atoms with Gasteiger partial charge in [-0.2, -0.15) is 0 Å². The third-order valence-electron chi connectivity index (χ3n) is 3.82. The molecule has 1 aliphatic heterocycles. The number of methoxy groups -OCH3 is 1. The van der Waals surface area contributed by atoms with E-state index in [1.807, 2.05) is 12.1 Å². The molecule has 18 heavy (non-hydrogen) atoms. The van der Waals surface area contributed by atoms with Crippen LogP contribution in [0.15, 0.2) is 18.2 Å². The third kappa shape index (κ3) is 2.68. The largest absolute Gasteiger partial charge is 0.496 e. The van der Waals surface area contributed by atoms with Gasteiger partial charge in [-0.25, -0.2) is 0 Å². The Labute approximate surface area is 109 Å². The smallest absolute Gasteiger partial charge is 0.123 e. The Morgan fingerprint density at radius 2 is 2.06 bits per heavy atom. The molecule has 0 aromatic heterocycles. The SMILES string of the molecule is COc1cccc(C)c1C(CCO)N1CCCC1. The molecule has 100 valence electrons. The van der Waals surface area contributed by atoms with Gasteiger partial charge in [-0.1, -0.05) is 12.1 Å². The fraction of sp³-hybridized carbons (Fsp3) is 0.600. The normalized spacial score (nSPS) is 17.9. The van der Waals surface area contributed by atoms with Crippen molar-refractivity contribution in [1.29, 1.82) is 0 Å². The van der Waals surface area contributed by atoms with Crippen molar-refractivity contribution in [2.24, 2.45) is 0 Å². The fourth-order valence-corrected chi connectivity index (χ4v) is 2.94. The van der Waals surface area contributed by atoms with Crippen LogP contribution in [-0.4, -0.2) is 36.8 Å². The predicted octanol–water partition coefficient (Wildman–Crippen LogP) is 2.52. The second kappa shape index (κ2) is 6.21. The average Bonchev–Trinajstić information content (AvgIpc) is 2.90. The summed E-state index contributed by atoms with van der Waals surface area (Å²) < 4.78 is 5.50. The van der Waals surface area contributed by atoms with E-state index in [-0.39, 0.29) is 12.6 Å². The molecular formula is C15H23NO2. The highest BCUT2D eigenvalue weighted by atomic mass is 16.5. The molecule has 0 radical (unpaired) electrons. The number of aryl methyl sites for hydroxylation is 1. The summed E-state index contributed by atoms with van der Waals surface area (Å²) in [6, 6.07) is 6.45. The molecule has 1 atom stereocenters. The van der Waals surface area contributed by atoms with Gasteiger partial charge in [0.2, 0.25) is 0 Å². The van der Waals surface area contributed by atoms with Crippen LogP contribution in [0.5, 0.6) is 5.75 Å². The first kappa shape index (κ1) is 13.4. The summed E-state index contributed by atoms with van der Waals surface area (Å²) in [5.74, 6) is 0.945. The molecule has 0 aliphatic carbocycles. The number of likely N-dealkylation sites (tertiary alicyclic amines) is 1. The van der Waals surface area contributed by atoms with E-state index in [2.05, 4.69) is 17.9 Å². The number of rotatable bonds is 5. The van der Waals surface area contributed by atoms with Gasteiger partial charge in [0.05, 0.1) is 7.11 Å². The molecule has 1 saturated heterocycles. The van der Waals surface area contributed by atoms with Crippen molar-refractivity contribution in [2.45, 2.75) is 32.2 Å². The molecule has 1 N–H and O–H groups in total. The van der Waals surface area contributed by atoms with E-state index in [1.165, 1.54) is 24.0 Å². The first-order chi connectivity index (χ1) is 8.77. The predicted molar refractivity (Wildman–Crippen MR) is 73.0 cm³/mol. The van der Waals surface area contributed by atoms with Crippen molar-refractivity contribution in [3.63, 3.8) is 0 Å². The zero-order chi connectivity index (χ0) is 13.0. The van der Waals surface area contributed by atoms with Crippen LogP contribution in [0.4, 0.5) is 0 Å². The van der Waals surface area contributed by atoms with E-state index < -0.39 is 0 Å². The van der Waals surface area contributed by atoms with Gasteiger partial charge < -0.3 is 9.84 Å². The highest BCUT2D eigenvalue weighted by Gasteiger charge is 2.26. The molecule has 1 unspecified atom stereocenters. The number of nitrogens with zero attached hydrogens (tertiary/aromatic N) is 1. The molecule has 2 rings (SSSR count). The molecule has 0 saturated carbocycles. The van der Waals surface area contributed by atoms with Gasteiger partial charge in [-0.3, -0.25) is 4.90 Å². The van der Waals surface area contributed by atoms with Crippen molar-refractivity contribution in [3.8, 4) is 5.75 Å². The van der Waals surface area contributed by atoms with E-state index in [9.17, 15) is 5.11 Å². The number of hydrogen-bond donors (Lipinski definition) is 1. The van der Waals surface area contributed by atoms with Crippen LogP contribution < -0.4 is 4.74 Å². The summed E-state index contributed by atoms with van der Waals surface area (Å²) in [7, 11) is 1.72. The third-order valence-corrected chi connectivity index (χ3v) is 3.82. The lowest BCUT2D eigenvalue weighted by Crippen LogP contribution is -2.27. The molecule has 1 aromatic rings. The Bertz CT molecular complexity index is 386. The van der Waals surface area contributed by atoms with Crippen molar-refractivity contribution in [3.05, 3.63) is 29.3 Å². The highest BCUT2D eigenvalue weighted by molar-refractivity contribution is 5.42. The maximum absolute atomic E-state index is 9.35. The zero-order valence-electron chi connectivity index (χ0n) is 11.4. The number of aliphatic hydroxyl groups is 1. The fourth-order valence-electron chi connectivity index (χ4n) is 2.94. The second-order valence-electron chi connectivity index (χ2n) is 4.96. The molecule has 0 amide bonds. The lowest BCUT2D eigenvalue weighted by atomic mass is 9.96. The van der Waals surface area contributed by atoms with Crippen molar-refractivity contribution >= 4 is 0 Å². The number of benzene rings is 1. The van der Waals surface area contributed by atoms with Crippen molar-refractivity contribution < 1.29 is 9.84 Å².